The zero-order chi connectivity index (χ0) is 28.7. The van der Waals surface area contributed by atoms with Crippen LogP contribution in [0.25, 0.3) is 6.08 Å². The molecule has 2 aliphatic heterocycles. The Kier molecular flexibility index (Phi) is 7.83. The highest BCUT2D eigenvalue weighted by Crippen LogP contribution is 2.65. The minimum absolute atomic E-state index is 0.0422. The minimum atomic E-state index is -0.548. The average Bonchev–Trinajstić information content (AvgIpc) is 3.60. The van der Waals surface area contributed by atoms with Crippen molar-refractivity contribution in [1.29, 1.82) is 5.41 Å². The van der Waals surface area contributed by atoms with E-state index >= 15 is 0 Å². The highest BCUT2D eigenvalue weighted by molar-refractivity contribution is 5.97. The Hall–Kier alpha value is -2.78. The van der Waals surface area contributed by atoms with Crippen LogP contribution in [0.4, 0.5) is 0 Å². The number of aliphatic hydroxyl groups is 2. The van der Waals surface area contributed by atoms with Crippen molar-refractivity contribution in [3.8, 4) is 0 Å². The van der Waals surface area contributed by atoms with E-state index in [0.717, 1.165) is 36.9 Å². The number of epoxide rings is 1. The number of fused-ring (bicyclic) bond motifs is 1. The quantitative estimate of drug-likeness (QED) is 0.170. The van der Waals surface area contributed by atoms with E-state index in [2.05, 4.69) is 23.2 Å². The van der Waals surface area contributed by atoms with Crippen molar-refractivity contribution in [2.24, 2.45) is 22.7 Å². The first-order chi connectivity index (χ1) is 19.0. The predicted molar refractivity (Wildman–Crippen MR) is 155 cm³/mol. The summed E-state index contributed by atoms with van der Waals surface area (Å²) in [6.45, 7) is 6.49. The fourth-order valence-electron chi connectivity index (χ4n) is 7.35. The number of nitrogens with one attached hydrogen (secondary N) is 2. The molecule has 3 unspecified atom stereocenters. The van der Waals surface area contributed by atoms with Crippen LogP contribution in [-0.4, -0.2) is 79.0 Å². The monoisotopic (exact) mass is 549 g/mol. The van der Waals surface area contributed by atoms with Gasteiger partial charge in [-0.3, -0.25) is 5.41 Å². The SMILES string of the molecule is CN(C)CCNC(=N)c1ccc(/C=C2C=C(/C=C/C3C4(CCC5[C@]3(C)CC[C@@H](O)[C@@]5(C)CO)CO4)C(=O)O\2)cc1. The van der Waals surface area contributed by atoms with Gasteiger partial charge in [0, 0.05) is 30.0 Å². The molecule has 4 N–H and O–H groups in total. The van der Waals surface area contributed by atoms with E-state index < -0.39 is 11.5 Å². The Bertz CT molecular complexity index is 1230. The molecule has 1 saturated heterocycles. The van der Waals surface area contributed by atoms with Crippen LogP contribution in [0.5, 0.6) is 0 Å². The van der Waals surface area contributed by atoms with E-state index in [1.54, 1.807) is 6.08 Å². The number of carbonyl (C=O) groups excluding carboxylic acids is 1. The third-order valence-electron chi connectivity index (χ3n) is 9.88. The first-order valence-electron chi connectivity index (χ1n) is 14.3. The summed E-state index contributed by atoms with van der Waals surface area (Å²) in [6.07, 6.45) is 10.4. The molecule has 40 heavy (non-hydrogen) atoms. The normalized spacial score (nSPS) is 36.2. The van der Waals surface area contributed by atoms with Crippen molar-refractivity contribution in [1.82, 2.24) is 10.2 Å². The zero-order valence-electron chi connectivity index (χ0n) is 24.1. The molecule has 0 amide bonds. The van der Waals surface area contributed by atoms with Gasteiger partial charge in [0.25, 0.3) is 0 Å². The van der Waals surface area contributed by atoms with E-state index in [4.69, 9.17) is 14.9 Å². The molecular formula is C32H43N3O5. The van der Waals surface area contributed by atoms with Crippen LogP contribution in [0.15, 0.2) is 53.8 Å². The van der Waals surface area contributed by atoms with Crippen LogP contribution in [0, 0.1) is 28.1 Å². The van der Waals surface area contributed by atoms with Gasteiger partial charge in [-0.05, 0) is 68.8 Å². The number of cyclic esters (lactones) is 1. The van der Waals surface area contributed by atoms with Gasteiger partial charge in [-0.25, -0.2) is 4.79 Å². The number of esters is 1. The molecule has 8 nitrogen and oxygen atoms in total. The fraction of sp³-hybridized carbons (Fsp3) is 0.562. The van der Waals surface area contributed by atoms with Crippen LogP contribution in [0.3, 0.4) is 0 Å². The van der Waals surface area contributed by atoms with Gasteiger partial charge in [0.2, 0.25) is 0 Å². The lowest BCUT2D eigenvalue weighted by Gasteiger charge is -2.60. The number of allylic oxidation sites excluding steroid dienone is 1. The number of carbonyl (C=O) groups is 1. The third-order valence-corrected chi connectivity index (χ3v) is 9.88. The Labute approximate surface area is 237 Å². The summed E-state index contributed by atoms with van der Waals surface area (Å²) in [5.41, 5.74) is 1.25. The van der Waals surface area contributed by atoms with Gasteiger partial charge >= 0.3 is 5.97 Å². The van der Waals surface area contributed by atoms with Crippen molar-refractivity contribution >= 4 is 17.9 Å². The minimum Gasteiger partial charge on any atom is -0.423 e. The zero-order valence-corrected chi connectivity index (χ0v) is 24.1. The molecule has 1 spiro atoms. The number of hydrogen-bond donors (Lipinski definition) is 4. The molecule has 1 aromatic rings. The van der Waals surface area contributed by atoms with Gasteiger partial charge in [-0.15, -0.1) is 0 Å². The molecule has 216 valence electrons. The number of benzene rings is 1. The molecule has 2 aliphatic carbocycles. The van der Waals surface area contributed by atoms with Crippen LogP contribution < -0.4 is 5.32 Å². The summed E-state index contributed by atoms with van der Waals surface area (Å²) in [4.78, 5) is 14.8. The van der Waals surface area contributed by atoms with Crippen molar-refractivity contribution < 1.29 is 24.5 Å². The standard InChI is InChI=1S/C32H43N3O5/c1-30-13-12-27(37)31(2,19-36)25(30)11-14-32(20-39-32)26(30)10-9-23-18-24(40-29(23)38)17-21-5-7-22(8-6-21)28(33)34-15-16-35(3)4/h5-10,17-18,25-27,36-37H,11-16,19-20H2,1-4H3,(H2,33,34)/b10-9+,24-17+/t25?,26?,27-,30+,31+,32?/m1/s1. The maximum absolute atomic E-state index is 12.8. The first kappa shape index (κ1) is 28.7. The highest BCUT2D eigenvalue weighted by atomic mass is 16.6. The number of aliphatic hydroxyl groups excluding tert-OH is 2. The topological polar surface area (TPSA) is 118 Å². The van der Waals surface area contributed by atoms with Crippen LogP contribution in [0.2, 0.25) is 0 Å². The highest BCUT2D eigenvalue weighted by Gasteiger charge is 2.66. The number of amidine groups is 1. The summed E-state index contributed by atoms with van der Waals surface area (Å²) in [5, 5.41) is 32.4. The molecule has 0 radical (unpaired) electrons. The van der Waals surface area contributed by atoms with Crippen LogP contribution in [-0.2, 0) is 14.3 Å². The Morgan fingerprint density at radius 1 is 1.20 bits per heavy atom. The summed E-state index contributed by atoms with van der Waals surface area (Å²) < 4.78 is 11.6. The van der Waals surface area contributed by atoms with E-state index in [9.17, 15) is 15.0 Å². The molecule has 0 bridgehead atoms. The van der Waals surface area contributed by atoms with Crippen molar-refractivity contribution in [3.05, 3.63) is 65.0 Å². The van der Waals surface area contributed by atoms with Crippen molar-refractivity contribution in [2.75, 3.05) is 40.4 Å². The Morgan fingerprint density at radius 2 is 1.93 bits per heavy atom. The van der Waals surface area contributed by atoms with E-state index in [0.29, 0.717) is 36.7 Å². The largest absolute Gasteiger partial charge is 0.423 e. The smallest absolute Gasteiger partial charge is 0.343 e. The Balaban J connectivity index is 1.31. The number of likely N-dealkylation sites (N-methyl/N-ethyl adjacent to an activating group) is 1. The molecular weight excluding hydrogens is 506 g/mol. The molecule has 3 fully saturated rings. The Morgan fingerprint density at radius 3 is 2.58 bits per heavy atom. The lowest BCUT2D eigenvalue weighted by molar-refractivity contribution is -0.167. The second kappa shape index (κ2) is 10.9. The molecule has 2 saturated carbocycles. The molecule has 6 atom stereocenters. The maximum atomic E-state index is 12.8. The van der Waals surface area contributed by atoms with Crippen LogP contribution >= 0.6 is 0 Å². The molecule has 2 heterocycles. The van der Waals surface area contributed by atoms with Gasteiger partial charge < -0.3 is 29.9 Å². The lowest BCUT2D eigenvalue weighted by atomic mass is 9.45. The van der Waals surface area contributed by atoms with Gasteiger partial charge in [-0.2, -0.15) is 0 Å². The molecule has 5 rings (SSSR count). The van der Waals surface area contributed by atoms with Crippen LogP contribution in [0.1, 0.15) is 50.7 Å². The summed E-state index contributed by atoms with van der Waals surface area (Å²) in [7, 11) is 4.00. The second-order valence-corrected chi connectivity index (χ2v) is 12.8. The maximum Gasteiger partial charge on any atom is 0.343 e. The number of nitrogens with zero attached hydrogens (tertiary/aromatic N) is 1. The number of hydrogen-bond acceptors (Lipinski definition) is 7. The molecule has 4 aliphatic rings. The number of ether oxygens (including phenoxy) is 2. The fourth-order valence-corrected chi connectivity index (χ4v) is 7.35. The van der Waals surface area contributed by atoms with Gasteiger partial charge in [0.15, 0.2) is 0 Å². The predicted octanol–water partition coefficient (Wildman–Crippen LogP) is 3.50. The summed E-state index contributed by atoms with van der Waals surface area (Å²) >= 11 is 0. The first-order valence-corrected chi connectivity index (χ1v) is 14.3. The summed E-state index contributed by atoms with van der Waals surface area (Å²) in [6, 6.07) is 7.59. The van der Waals surface area contributed by atoms with Crippen molar-refractivity contribution in [2.45, 2.75) is 51.2 Å². The van der Waals surface area contributed by atoms with E-state index in [1.165, 1.54) is 0 Å². The number of rotatable bonds is 8. The second-order valence-electron chi connectivity index (χ2n) is 12.8. The van der Waals surface area contributed by atoms with Gasteiger partial charge in [-0.1, -0.05) is 50.3 Å². The van der Waals surface area contributed by atoms with Gasteiger partial charge in [0.05, 0.1) is 30.5 Å². The summed E-state index contributed by atoms with van der Waals surface area (Å²) in [5.74, 6) is 0.714. The van der Waals surface area contributed by atoms with Gasteiger partial charge in [0.1, 0.15) is 11.6 Å². The van der Waals surface area contributed by atoms with E-state index in [1.807, 2.05) is 57.4 Å². The molecule has 0 aromatic heterocycles. The van der Waals surface area contributed by atoms with Crippen molar-refractivity contribution in [3.63, 3.8) is 0 Å². The van der Waals surface area contributed by atoms with E-state index in [-0.39, 0.29) is 35.4 Å². The average molecular weight is 550 g/mol. The third kappa shape index (κ3) is 5.30. The molecule has 1 aromatic carbocycles. The molecule has 8 heteroatoms. The lowest BCUT2D eigenvalue weighted by Crippen LogP contribution is -2.60.